The van der Waals surface area contributed by atoms with Gasteiger partial charge in [0, 0.05) is 10.9 Å². The molecule has 0 saturated carbocycles. The van der Waals surface area contributed by atoms with E-state index < -0.39 is 0 Å². The monoisotopic (exact) mass is 312 g/mol. The second-order valence-corrected chi connectivity index (χ2v) is 5.54. The minimum atomic E-state index is 0.271. The molecule has 1 aromatic carbocycles. The zero-order valence-corrected chi connectivity index (χ0v) is 12.6. The Hall–Kier alpha value is -2.67. The number of hydrogen-bond donors (Lipinski definition) is 0. The standard InChI is InChI=1S/C15H12N4O2S/c1-10-13(16-15(21-10)11-6-7-22-9-11)8-20-19-14-5-3-2-4-12(14)17-18-19/h2-7,9H,8H2,1H3. The van der Waals surface area contributed by atoms with Gasteiger partial charge >= 0.3 is 0 Å². The van der Waals surface area contributed by atoms with E-state index in [0.717, 1.165) is 28.1 Å². The molecule has 0 amide bonds. The highest BCUT2D eigenvalue weighted by atomic mass is 32.1. The van der Waals surface area contributed by atoms with Gasteiger partial charge in [0.2, 0.25) is 5.89 Å². The lowest BCUT2D eigenvalue weighted by molar-refractivity contribution is 0.0727. The Kier molecular flexibility index (Phi) is 3.12. The number of rotatable bonds is 4. The molecule has 0 aliphatic carbocycles. The van der Waals surface area contributed by atoms with Crippen molar-refractivity contribution in [3.8, 4) is 11.5 Å². The van der Waals surface area contributed by atoms with Gasteiger partial charge in [-0.3, -0.25) is 0 Å². The molecule has 6 nitrogen and oxygen atoms in total. The zero-order chi connectivity index (χ0) is 14.9. The van der Waals surface area contributed by atoms with Crippen LogP contribution in [0.5, 0.6) is 0 Å². The number of benzene rings is 1. The first-order valence-corrected chi connectivity index (χ1v) is 7.68. The lowest BCUT2D eigenvalue weighted by Crippen LogP contribution is -2.13. The number of hydrogen-bond acceptors (Lipinski definition) is 6. The van der Waals surface area contributed by atoms with Crippen molar-refractivity contribution in [2.75, 3.05) is 0 Å². The van der Waals surface area contributed by atoms with Gasteiger partial charge in [-0.25, -0.2) is 4.98 Å². The number of oxazole rings is 1. The van der Waals surface area contributed by atoms with Gasteiger partial charge in [-0.2, -0.15) is 11.3 Å². The molecule has 0 N–H and O–H groups in total. The third-order valence-electron chi connectivity index (χ3n) is 3.31. The molecule has 0 unspecified atom stereocenters. The molecular weight excluding hydrogens is 300 g/mol. The molecule has 0 spiro atoms. The normalized spacial score (nSPS) is 11.1. The zero-order valence-electron chi connectivity index (χ0n) is 11.8. The first-order chi connectivity index (χ1) is 10.8. The van der Waals surface area contributed by atoms with Gasteiger partial charge in [-0.1, -0.05) is 17.0 Å². The maximum Gasteiger partial charge on any atom is 0.227 e. The largest absolute Gasteiger partial charge is 0.441 e. The molecule has 3 aromatic heterocycles. The van der Waals surface area contributed by atoms with E-state index in [4.69, 9.17) is 9.25 Å². The fourth-order valence-corrected chi connectivity index (χ4v) is 2.77. The first-order valence-electron chi connectivity index (χ1n) is 6.74. The smallest absolute Gasteiger partial charge is 0.227 e. The van der Waals surface area contributed by atoms with Gasteiger partial charge in [-0.05, 0) is 35.7 Å². The average molecular weight is 312 g/mol. The lowest BCUT2D eigenvalue weighted by Gasteiger charge is -2.03. The van der Waals surface area contributed by atoms with Crippen molar-refractivity contribution in [1.29, 1.82) is 0 Å². The van der Waals surface area contributed by atoms with E-state index in [2.05, 4.69) is 15.3 Å². The Labute approximate surface area is 129 Å². The summed E-state index contributed by atoms with van der Waals surface area (Å²) in [5, 5.41) is 12.0. The minimum absolute atomic E-state index is 0.271. The van der Waals surface area contributed by atoms with Crippen molar-refractivity contribution < 1.29 is 9.25 Å². The van der Waals surface area contributed by atoms with Crippen molar-refractivity contribution in [3.63, 3.8) is 0 Å². The van der Waals surface area contributed by atoms with Crippen LogP contribution in [0, 0.1) is 6.92 Å². The Balaban J connectivity index is 1.57. The Bertz CT molecular complexity index is 911. The second kappa shape index (κ2) is 5.27. The Morgan fingerprint density at radius 2 is 2.18 bits per heavy atom. The van der Waals surface area contributed by atoms with Crippen LogP contribution in [0.4, 0.5) is 0 Å². The van der Waals surface area contributed by atoms with Crippen molar-refractivity contribution in [1.82, 2.24) is 20.1 Å². The summed E-state index contributed by atoms with van der Waals surface area (Å²) >= 11 is 1.61. The van der Waals surface area contributed by atoms with Gasteiger partial charge in [-0.15, -0.1) is 5.10 Å². The van der Waals surface area contributed by atoms with Crippen LogP contribution >= 0.6 is 11.3 Å². The second-order valence-electron chi connectivity index (χ2n) is 4.76. The van der Waals surface area contributed by atoms with Crippen LogP contribution in [0.25, 0.3) is 22.5 Å². The predicted octanol–water partition coefficient (Wildman–Crippen LogP) is 3.09. The third kappa shape index (κ3) is 2.25. The highest BCUT2D eigenvalue weighted by molar-refractivity contribution is 7.08. The van der Waals surface area contributed by atoms with Gasteiger partial charge in [0.1, 0.15) is 22.5 Å². The van der Waals surface area contributed by atoms with Crippen LogP contribution in [-0.4, -0.2) is 20.1 Å². The van der Waals surface area contributed by atoms with Crippen LogP contribution in [0.1, 0.15) is 11.5 Å². The minimum Gasteiger partial charge on any atom is -0.441 e. The van der Waals surface area contributed by atoms with Crippen LogP contribution < -0.4 is 4.84 Å². The molecule has 0 bridgehead atoms. The molecule has 3 heterocycles. The van der Waals surface area contributed by atoms with Crippen molar-refractivity contribution >= 4 is 22.4 Å². The van der Waals surface area contributed by atoms with Crippen molar-refractivity contribution in [2.24, 2.45) is 0 Å². The first kappa shape index (κ1) is 13.0. The van der Waals surface area contributed by atoms with E-state index >= 15 is 0 Å². The molecule has 22 heavy (non-hydrogen) atoms. The molecule has 0 aliphatic rings. The Morgan fingerprint density at radius 3 is 3.05 bits per heavy atom. The van der Waals surface area contributed by atoms with E-state index in [-0.39, 0.29) is 6.61 Å². The molecule has 7 heteroatoms. The van der Waals surface area contributed by atoms with Crippen LogP contribution in [0.3, 0.4) is 0 Å². The van der Waals surface area contributed by atoms with Crippen molar-refractivity contribution in [3.05, 3.63) is 52.5 Å². The number of aromatic nitrogens is 4. The number of aryl methyl sites for hydroxylation is 1. The summed E-state index contributed by atoms with van der Waals surface area (Å²) in [6.45, 7) is 2.15. The summed E-state index contributed by atoms with van der Waals surface area (Å²) in [7, 11) is 0. The van der Waals surface area contributed by atoms with E-state index in [1.165, 1.54) is 4.85 Å². The fraction of sp³-hybridized carbons (Fsp3) is 0.133. The van der Waals surface area contributed by atoms with Crippen molar-refractivity contribution in [2.45, 2.75) is 13.5 Å². The number of fused-ring (bicyclic) bond motifs is 1. The van der Waals surface area contributed by atoms with E-state index in [9.17, 15) is 0 Å². The lowest BCUT2D eigenvalue weighted by atomic mass is 10.3. The van der Waals surface area contributed by atoms with Gasteiger partial charge in [0.25, 0.3) is 0 Å². The van der Waals surface area contributed by atoms with Gasteiger partial charge in [0.05, 0.1) is 0 Å². The molecule has 0 fully saturated rings. The Morgan fingerprint density at radius 1 is 1.27 bits per heavy atom. The van der Waals surface area contributed by atoms with Crippen LogP contribution in [0.15, 0.2) is 45.5 Å². The topological polar surface area (TPSA) is 66.0 Å². The predicted molar refractivity (Wildman–Crippen MR) is 82.4 cm³/mol. The molecule has 110 valence electrons. The number of thiophene rings is 1. The summed E-state index contributed by atoms with van der Waals surface area (Å²) in [6.07, 6.45) is 0. The quantitative estimate of drug-likeness (QED) is 0.579. The summed E-state index contributed by atoms with van der Waals surface area (Å²) in [5.41, 5.74) is 3.34. The van der Waals surface area contributed by atoms with Crippen LogP contribution in [-0.2, 0) is 6.61 Å². The summed E-state index contributed by atoms with van der Waals surface area (Å²) in [5.74, 6) is 1.35. The van der Waals surface area contributed by atoms with Gasteiger partial charge in [0.15, 0.2) is 6.61 Å². The molecule has 0 saturated heterocycles. The molecule has 4 rings (SSSR count). The highest BCUT2D eigenvalue weighted by Gasteiger charge is 2.13. The SMILES string of the molecule is Cc1oc(-c2ccsc2)nc1COn1nnc2ccccc21. The summed E-state index contributed by atoms with van der Waals surface area (Å²) < 4.78 is 5.69. The fourth-order valence-electron chi connectivity index (χ4n) is 2.14. The number of nitrogens with zero attached hydrogens (tertiary/aromatic N) is 4. The molecule has 0 radical (unpaired) electrons. The maximum atomic E-state index is 5.69. The molecular formula is C15H12N4O2S. The molecule has 0 atom stereocenters. The van der Waals surface area contributed by atoms with E-state index in [1.807, 2.05) is 48.0 Å². The molecule has 4 aromatic rings. The highest BCUT2D eigenvalue weighted by Crippen LogP contribution is 2.23. The maximum absolute atomic E-state index is 5.69. The summed E-state index contributed by atoms with van der Waals surface area (Å²) in [6, 6.07) is 9.60. The molecule has 0 aliphatic heterocycles. The third-order valence-corrected chi connectivity index (χ3v) is 3.99. The average Bonchev–Trinajstić information content (AvgIpc) is 3.25. The summed E-state index contributed by atoms with van der Waals surface area (Å²) in [4.78, 5) is 11.6. The van der Waals surface area contributed by atoms with Gasteiger partial charge < -0.3 is 9.25 Å². The van der Waals surface area contributed by atoms with E-state index in [1.54, 1.807) is 11.3 Å². The van der Waals surface area contributed by atoms with Crippen LogP contribution in [0.2, 0.25) is 0 Å². The van der Waals surface area contributed by atoms with E-state index in [0.29, 0.717) is 5.89 Å². The number of para-hydroxylation sites is 1.